The summed E-state index contributed by atoms with van der Waals surface area (Å²) in [5, 5.41) is 0. The number of esters is 1. The summed E-state index contributed by atoms with van der Waals surface area (Å²) in [5.41, 5.74) is 0.815. The van der Waals surface area contributed by atoms with Crippen LogP contribution in [0.1, 0.15) is 20.7 Å². The zero-order chi connectivity index (χ0) is 11.3. The summed E-state index contributed by atoms with van der Waals surface area (Å²) in [5.74, 6) is -0.694. The molecule has 0 atom stereocenters. The summed E-state index contributed by atoms with van der Waals surface area (Å²) in [6, 6.07) is 6.03. The fourth-order valence-corrected chi connectivity index (χ4v) is 1.07. The third-order valence-electron chi connectivity index (χ3n) is 1.85. The van der Waals surface area contributed by atoms with Gasteiger partial charge < -0.3 is 9.58 Å². The summed E-state index contributed by atoms with van der Waals surface area (Å²) >= 11 is 0. The molecule has 4 nitrogen and oxygen atoms in total. The van der Waals surface area contributed by atoms with Crippen molar-refractivity contribution in [3.05, 3.63) is 46.8 Å². The predicted molar refractivity (Wildman–Crippen MR) is 53.6 cm³/mol. The van der Waals surface area contributed by atoms with Gasteiger partial charge >= 0.3 is 5.97 Å². The molecular formula is C11H9NO3. The standard InChI is InChI=1S/C11H9NO3/c1-12-7-10(13)8-3-5-9(6-4-8)11(14)15-2/h3-6H,7H2,2H3. The van der Waals surface area contributed by atoms with Gasteiger partial charge in [0.1, 0.15) is 0 Å². The zero-order valence-corrected chi connectivity index (χ0v) is 8.19. The number of carbonyl (C=O) groups excluding carboxylic acids is 2. The number of nitrogens with zero attached hydrogens (tertiary/aromatic N) is 1. The molecule has 0 N–H and O–H groups in total. The van der Waals surface area contributed by atoms with Crippen molar-refractivity contribution in [3.8, 4) is 0 Å². The van der Waals surface area contributed by atoms with Gasteiger partial charge in [-0.05, 0) is 12.1 Å². The number of Topliss-reactive ketones (excluding diaryl/α,β-unsaturated/α-hetero) is 1. The molecule has 0 saturated heterocycles. The Balaban J connectivity index is 2.86. The first-order valence-corrected chi connectivity index (χ1v) is 4.24. The van der Waals surface area contributed by atoms with Gasteiger partial charge in [0.25, 0.3) is 6.54 Å². The van der Waals surface area contributed by atoms with E-state index in [0.29, 0.717) is 11.1 Å². The molecule has 1 aromatic rings. The second-order valence-electron chi connectivity index (χ2n) is 2.81. The summed E-state index contributed by atoms with van der Waals surface area (Å²) < 4.78 is 4.51. The van der Waals surface area contributed by atoms with E-state index in [1.807, 2.05) is 0 Å². The molecule has 0 fully saturated rings. The molecule has 0 spiro atoms. The number of rotatable bonds is 3. The smallest absolute Gasteiger partial charge is 0.337 e. The van der Waals surface area contributed by atoms with Gasteiger partial charge in [0.2, 0.25) is 5.78 Å². The molecule has 1 aromatic carbocycles. The van der Waals surface area contributed by atoms with Crippen LogP contribution in [0.15, 0.2) is 24.3 Å². The van der Waals surface area contributed by atoms with Gasteiger partial charge in [-0.1, -0.05) is 12.1 Å². The minimum absolute atomic E-state index is 0.169. The Hall–Kier alpha value is -2.15. The largest absolute Gasteiger partial charge is 0.465 e. The van der Waals surface area contributed by atoms with Crippen molar-refractivity contribution in [2.75, 3.05) is 13.7 Å². The molecule has 0 amide bonds. The summed E-state index contributed by atoms with van der Waals surface area (Å²) in [6.07, 6.45) is 0. The van der Waals surface area contributed by atoms with Crippen LogP contribution in [0.2, 0.25) is 0 Å². The van der Waals surface area contributed by atoms with E-state index in [9.17, 15) is 9.59 Å². The molecule has 0 heterocycles. The first-order valence-electron chi connectivity index (χ1n) is 4.24. The Morgan fingerprint density at radius 3 is 2.27 bits per heavy atom. The second-order valence-corrected chi connectivity index (χ2v) is 2.81. The van der Waals surface area contributed by atoms with Crippen molar-refractivity contribution >= 4 is 11.8 Å². The van der Waals surface area contributed by atoms with E-state index in [4.69, 9.17) is 6.57 Å². The van der Waals surface area contributed by atoms with Crippen LogP contribution in [-0.4, -0.2) is 25.4 Å². The summed E-state index contributed by atoms with van der Waals surface area (Å²) in [6.45, 7) is 6.38. The molecule has 0 bridgehead atoms. The first-order chi connectivity index (χ1) is 7.19. The predicted octanol–water partition coefficient (Wildman–Crippen LogP) is 1.58. The highest BCUT2D eigenvalue weighted by molar-refractivity contribution is 5.99. The molecule has 1 rings (SSSR count). The number of hydrogen-bond donors (Lipinski definition) is 0. The zero-order valence-electron chi connectivity index (χ0n) is 8.19. The van der Waals surface area contributed by atoms with E-state index >= 15 is 0 Å². The van der Waals surface area contributed by atoms with Crippen molar-refractivity contribution in [2.45, 2.75) is 0 Å². The lowest BCUT2D eigenvalue weighted by Gasteiger charge is -1.99. The lowest BCUT2D eigenvalue weighted by Crippen LogP contribution is -2.04. The minimum Gasteiger partial charge on any atom is -0.465 e. The second kappa shape index (κ2) is 4.91. The lowest BCUT2D eigenvalue weighted by molar-refractivity contribution is 0.0600. The average Bonchev–Trinajstić information content (AvgIpc) is 2.28. The van der Waals surface area contributed by atoms with Crippen LogP contribution in [0, 0.1) is 6.57 Å². The molecule has 76 valence electrons. The van der Waals surface area contributed by atoms with Crippen LogP contribution in [0.25, 0.3) is 4.85 Å². The minimum atomic E-state index is -0.445. The summed E-state index contributed by atoms with van der Waals surface area (Å²) in [4.78, 5) is 25.3. The maximum Gasteiger partial charge on any atom is 0.337 e. The fraction of sp³-hybridized carbons (Fsp3) is 0.182. The highest BCUT2D eigenvalue weighted by atomic mass is 16.5. The number of benzene rings is 1. The van der Waals surface area contributed by atoms with Gasteiger partial charge in [-0.15, -0.1) is 0 Å². The van der Waals surface area contributed by atoms with Crippen LogP contribution < -0.4 is 0 Å². The van der Waals surface area contributed by atoms with Crippen LogP contribution in [0.4, 0.5) is 0 Å². The van der Waals surface area contributed by atoms with Crippen molar-refractivity contribution < 1.29 is 14.3 Å². The van der Waals surface area contributed by atoms with Crippen LogP contribution in [0.5, 0.6) is 0 Å². The van der Waals surface area contributed by atoms with Gasteiger partial charge in [-0.25, -0.2) is 11.4 Å². The first kappa shape index (κ1) is 10.9. The van der Waals surface area contributed by atoms with E-state index < -0.39 is 5.97 Å². The molecular weight excluding hydrogens is 194 g/mol. The van der Waals surface area contributed by atoms with Crippen molar-refractivity contribution in [3.63, 3.8) is 0 Å². The molecule has 0 unspecified atom stereocenters. The molecule has 0 radical (unpaired) electrons. The normalized spacial score (nSPS) is 9.07. The van der Waals surface area contributed by atoms with Crippen LogP contribution in [0.3, 0.4) is 0 Å². The lowest BCUT2D eigenvalue weighted by atomic mass is 10.1. The van der Waals surface area contributed by atoms with Crippen molar-refractivity contribution in [2.24, 2.45) is 0 Å². The summed E-state index contributed by atoms with van der Waals surface area (Å²) in [7, 11) is 1.29. The topological polar surface area (TPSA) is 47.7 Å². The third kappa shape index (κ3) is 2.64. The number of ether oxygens (including phenoxy) is 1. The quantitative estimate of drug-likeness (QED) is 0.425. The van der Waals surface area contributed by atoms with Crippen LogP contribution in [-0.2, 0) is 4.74 Å². The molecule has 15 heavy (non-hydrogen) atoms. The monoisotopic (exact) mass is 203 g/mol. The number of hydrogen-bond acceptors (Lipinski definition) is 3. The Labute approximate surface area is 87.3 Å². The Morgan fingerprint density at radius 1 is 1.27 bits per heavy atom. The number of methoxy groups -OCH3 is 1. The molecule has 4 heteroatoms. The van der Waals surface area contributed by atoms with Gasteiger partial charge in [0, 0.05) is 5.56 Å². The maximum atomic E-state index is 11.3. The van der Waals surface area contributed by atoms with E-state index in [0.717, 1.165) is 0 Å². The number of carbonyl (C=O) groups is 2. The Bertz CT molecular complexity index is 414. The highest BCUT2D eigenvalue weighted by Gasteiger charge is 2.10. The van der Waals surface area contributed by atoms with Crippen LogP contribution >= 0.6 is 0 Å². The maximum absolute atomic E-state index is 11.3. The van der Waals surface area contributed by atoms with Gasteiger partial charge in [-0.3, -0.25) is 4.79 Å². The van der Waals surface area contributed by atoms with E-state index in [1.165, 1.54) is 31.4 Å². The van der Waals surface area contributed by atoms with Crippen molar-refractivity contribution in [1.29, 1.82) is 0 Å². The highest BCUT2D eigenvalue weighted by Crippen LogP contribution is 2.06. The third-order valence-corrected chi connectivity index (χ3v) is 1.85. The molecule has 0 aromatic heterocycles. The molecule has 0 saturated carbocycles. The average molecular weight is 203 g/mol. The molecule has 0 aliphatic rings. The van der Waals surface area contributed by atoms with E-state index in [2.05, 4.69) is 9.58 Å². The molecule has 0 aliphatic carbocycles. The molecule has 0 aliphatic heterocycles. The Morgan fingerprint density at radius 2 is 1.80 bits per heavy atom. The van der Waals surface area contributed by atoms with Gasteiger partial charge in [0.15, 0.2) is 0 Å². The SMILES string of the molecule is [C-]#[N+]CC(=O)c1ccc(C(=O)OC)cc1. The Kier molecular flexibility index (Phi) is 3.58. The van der Waals surface area contributed by atoms with Gasteiger partial charge in [-0.2, -0.15) is 0 Å². The number of ketones is 1. The van der Waals surface area contributed by atoms with Crippen molar-refractivity contribution in [1.82, 2.24) is 0 Å². The van der Waals surface area contributed by atoms with Gasteiger partial charge in [0.05, 0.1) is 12.7 Å². The van der Waals surface area contributed by atoms with E-state index in [-0.39, 0.29) is 12.3 Å². The van der Waals surface area contributed by atoms with E-state index in [1.54, 1.807) is 0 Å². The fourth-order valence-electron chi connectivity index (χ4n) is 1.07.